The number of thiol groups is 1. The van der Waals surface area contributed by atoms with Crippen molar-refractivity contribution in [3.8, 4) is 0 Å². The maximum Gasteiger partial charge on any atom is 0.315 e. The van der Waals surface area contributed by atoms with Crippen LogP contribution in [0.4, 0.5) is 0 Å². The quantitative estimate of drug-likeness (QED) is 0.508. The summed E-state index contributed by atoms with van der Waals surface area (Å²) >= 11 is 4.08. The van der Waals surface area contributed by atoms with Crippen molar-refractivity contribution >= 4 is 24.4 Å². The number of Topliss-reactive ketones (excluding diaryl/α,β-unsaturated/α-hetero) is 1. The van der Waals surface area contributed by atoms with E-state index in [1.54, 1.807) is 0 Å². The summed E-state index contributed by atoms with van der Waals surface area (Å²) in [7, 11) is 0. The summed E-state index contributed by atoms with van der Waals surface area (Å²) in [6, 6.07) is 0. The number of ketones is 1. The molecule has 0 radical (unpaired) electrons. The topological polar surface area (TPSA) is 54.4 Å². The van der Waals surface area contributed by atoms with E-state index in [0.717, 1.165) is 6.42 Å². The zero-order chi connectivity index (χ0) is 9.72. The highest BCUT2D eigenvalue weighted by Crippen LogP contribution is 2.17. The minimum absolute atomic E-state index is 0.323. The first kappa shape index (κ1) is 11.5. The normalized spacial score (nSPS) is 15.2. The molecule has 0 amide bonds. The lowest BCUT2D eigenvalue weighted by Crippen LogP contribution is -2.30. The van der Waals surface area contributed by atoms with Crippen molar-refractivity contribution in [2.24, 2.45) is 5.92 Å². The molecule has 0 saturated heterocycles. The van der Waals surface area contributed by atoms with Gasteiger partial charge in [-0.25, -0.2) is 0 Å². The summed E-state index contributed by atoms with van der Waals surface area (Å²) < 4.78 is 0. The molecule has 0 fully saturated rings. The fourth-order valence-corrected chi connectivity index (χ4v) is 1.67. The van der Waals surface area contributed by atoms with E-state index in [1.807, 2.05) is 6.92 Å². The van der Waals surface area contributed by atoms with Gasteiger partial charge in [0.15, 0.2) is 0 Å². The van der Waals surface area contributed by atoms with E-state index in [-0.39, 0.29) is 11.0 Å². The Hall–Kier alpha value is -0.510. The van der Waals surface area contributed by atoms with Crippen molar-refractivity contribution in [1.29, 1.82) is 0 Å². The third-order valence-electron chi connectivity index (χ3n) is 1.67. The average Bonchev–Trinajstić information content (AvgIpc) is 1.85. The molecule has 70 valence electrons. The van der Waals surface area contributed by atoms with Crippen LogP contribution in [0.2, 0.25) is 0 Å². The van der Waals surface area contributed by atoms with Gasteiger partial charge in [0.1, 0.15) is 11.7 Å². The Bertz CT molecular complexity index is 165. The lowest BCUT2D eigenvalue weighted by Gasteiger charge is -2.15. The zero-order valence-corrected chi connectivity index (χ0v) is 8.17. The van der Waals surface area contributed by atoms with Gasteiger partial charge in [-0.3, -0.25) is 9.59 Å². The lowest BCUT2D eigenvalue weighted by atomic mass is 9.98. The van der Waals surface area contributed by atoms with E-state index in [4.69, 9.17) is 5.11 Å². The second kappa shape index (κ2) is 5.19. The molecule has 2 atom stereocenters. The van der Waals surface area contributed by atoms with Crippen LogP contribution >= 0.6 is 12.6 Å². The van der Waals surface area contributed by atoms with Gasteiger partial charge < -0.3 is 5.11 Å². The van der Waals surface area contributed by atoms with Gasteiger partial charge in [0.2, 0.25) is 0 Å². The molecule has 0 aromatic carbocycles. The Balaban J connectivity index is 4.29. The Morgan fingerprint density at radius 1 is 1.50 bits per heavy atom. The van der Waals surface area contributed by atoms with Crippen LogP contribution < -0.4 is 0 Å². The predicted molar refractivity (Wildman–Crippen MR) is 49.5 cm³/mol. The zero-order valence-electron chi connectivity index (χ0n) is 7.28. The van der Waals surface area contributed by atoms with E-state index in [9.17, 15) is 9.59 Å². The third-order valence-corrected chi connectivity index (χ3v) is 2.23. The Labute approximate surface area is 77.6 Å². The van der Waals surface area contributed by atoms with E-state index in [0.29, 0.717) is 6.42 Å². The van der Waals surface area contributed by atoms with Crippen LogP contribution in [0.25, 0.3) is 0 Å². The molecule has 0 bridgehead atoms. The number of rotatable bonds is 5. The van der Waals surface area contributed by atoms with Crippen LogP contribution in [0.3, 0.4) is 0 Å². The molecule has 2 unspecified atom stereocenters. The number of aliphatic carboxylic acids is 1. The van der Waals surface area contributed by atoms with E-state index in [1.165, 1.54) is 6.92 Å². The highest BCUT2D eigenvalue weighted by atomic mass is 32.1. The SMILES string of the molecule is CCCC(S)C(C(C)=O)C(=O)O. The van der Waals surface area contributed by atoms with Gasteiger partial charge in [0.05, 0.1) is 0 Å². The van der Waals surface area contributed by atoms with Gasteiger partial charge in [-0.15, -0.1) is 0 Å². The number of hydrogen-bond donors (Lipinski definition) is 2. The lowest BCUT2D eigenvalue weighted by molar-refractivity contribution is -0.145. The van der Waals surface area contributed by atoms with Gasteiger partial charge >= 0.3 is 5.97 Å². The molecule has 1 N–H and O–H groups in total. The molecule has 3 nitrogen and oxygen atoms in total. The van der Waals surface area contributed by atoms with Crippen molar-refractivity contribution in [3.05, 3.63) is 0 Å². The monoisotopic (exact) mass is 190 g/mol. The van der Waals surface area contributed by atoms with E-state index in [2.05, 4.69) is 12.6 Å². The Kier molecular flexibility index (Phi) is 4.97. The fourth-order valence-electron chi connectivity index (χ4n) is 1.07. The summed E-state index contributed by atoms with van der Waals surface area (Å²) in [6.07, 6.45) is 1.49. The summed E-state index contributed by atoms with van der Waals surface area (Å²) in [5.41, 5.74) is 0. The number of hydrogen-bond acceptors (Lipinski definition) is 3. The van der Waals surface area contributed by atoms with Crippen LogP contribution in [0, 0.1) is 5.92 Å². The molecule has 0 aromatic rings. The molecule has 0 rings (SSSR count). The summed E-state index contributed by atoms with van der Waals surface area (Å²) in [4.78, 5) is 21.5. The maximum absolute atomic E-state index is 10.9. The molecule has 12 heavy (non-hydrogen) atoms. The van der Waals surface area contributed by atoms with Crippen molar-refractivity contribution < 1.29 is 14.7 Å². The van der Waals surface area contributed by atoms with Gasteiger partial charge in [-0.1, -0.05) is 13.3 Å². The molecular formula is C8H14O3S. The van der Waals surface area contributed by atoms with Crippen molar-refractivity contribution in [3.63, 3.8) is 0 Å². The predicted octanol–water partition coefficient (Wildman–Crippen LogP) is 1.37. The molecule has 0 aliphatic rings. The average molecular weight is 190 g/mol. The first-order chi connectivity index (χ1) is 5.50. The van der Waals surface area contributed by atoms with E-state index >= 15 is 0 Å². The minimum atomic E-state index is -1.07. The van der Waals surface area contributed by atoms with Crippen molar-refractivity contribution in [2.75, 3.05) is 0 Å². The van der Waals surface area contributed by atoms with Crippen LogP contribution in [-0.4, -0.2) is 22.1 Å². The summed E-state index contributed by atoms with van der Waals surface area (Å²) in [5, 5.41) is 8.31. The highest BCUT2D eigenvalue weighted by Gasteiger charge is 2.28. The van der Waals surface area contributed by atoms with E-state index < -0.39 is 11.9 Å². The Morgan fingerprint density at radius 2 is 2.00 bits per heavy atom. The third kappa shape index (κ3) is 3.26. The summed E-state index contributed by atoms with van der Waals surface area (Å²) in [5.74, 6) is -2.35. The largest absolute Gasteiger partial charge is 0.481 e. The van der Waals surface area contributed by atoms with Crippen LogP contribution in [0.15, 0.2) is 0 Å². The molecular weight excluding hydrogens is 176 g/mol. The van der Waals surface area contributed by atoms with Crippen LogP contribution in [-0.2, 0) is 9.59 Å². The first-order valence-corrected chi connectivity index (χ1v) is 4.43. The second-order valence-electron chi connectivity index (χ2n) is 2.78. The van der Waals surface area contributed by atoms with Gasteiger partial charge in [0, 0.05) is 5.25 Å². The highest BCUT2D eigenvalue weighted by molar-refractivity contribution is 7.81. The van der Waals surface area contributed by atoms with Crippen LogP contribution in [0.5, 0.6) is 0 Å². The molecule has 0 aliphatic carbocycles. The molecule has 0 saturated carbocycles. The number of carbonyl (C=O) groups is 2. The van der Waals surface area contributed by atoms with Gasteiger partial charge in [-0.05, 0) is 13.3 Å². The van der Waals surface area contributed by atoms with Crippen molar-refractivity contribution in [2.45, 2.75) is 31.9 Å². The molecule has 0 heterocycles. The maximum atomic E-state index is 10.9. The van der Waals surface area contributed by atoms with Gasteiger partial charge in [0.25, 0.3) is 0 Å². The van der Waals surface area contributed by atoms with Gasteiger partial charge in [-0.2, -0.15) is 12.6 Å². The summed E-state index contributed by atoms with van der Waals surface area (Å²) in [6.45, 7) is 3.22. The molecule has 4 heteroatoms. The second-order valence-corrected chi connectivity index (χ2v) is 3.45. The number of carbonyl (C=O) groups excluding carboxylic acids is 1. The molecule has 0 spiro atoms. The Morgan fingerprint density at radius 3 is 2.25 bits per heavy atom. The first-order valence-electron chi connectivity index (χ1n) is 3.92. The smallest absolute Gasteiger partial charge is 0.315 e. The minimum Gasteiger partial charge on any atom is -0.481 e. The molecule has 0 aliphatic heterocycles. The number of carboxylic acids is 1. The van der Waals surface area contributed by atoms with Crippen molar-refractivity contribution in [1.82, 2.24) is 0 Å². The standard InChI is InChI=1S/C8H14O3S/c1-3-4-6(12)7(5(2)9)8(10)11/h6-7,12H,3-4H2,1-2H3,(H,10,11). The van der Waals surface area contributed by atoms with Crippen LogP contribution in [0.1, 0.15) is 26.7 Å². The number of carboxylic acid groups (broad SMARTS) is 1. The molecule has 0 aromatic heterocycles. The fraction of sp³-hybridized carbons (Fsp3) is 0.750.